The number of hydrogen-bond donors (Lipinski definition) is 1. The molecule has 0 spiro atoms. The predicted molar refractivity (Wildman–Crippen MR) is 60.5 cm³/mol. The molecule has 0 aliphatic heterocycles. The van der Waals surface area contributed by atoms with Gasteiger partial charge >= 0.3 is 5.97 Å². The summed E-state index contributed by atoms with van der Waals surface area (Å²) in [4.78, 5) is 11.3. The number of hydrogen-bond acceptors (Lipinski definition) is 3. The minimum atomic E-state index is -0.959. The van der Waals surface area contributed by atoms with E-state index >= 15 is 0 Å². The summed E-state index contributed by atoms with van der Waals surface area (Å²) >= 11 is 0. The van der Waals surface area contributed by atoms with E-state index in [1.807, 2.05) is 20.8 Å². The average molecular weight is 216 g/mol. The van der Waals surface area contributed by atoms with Gasteiger partial charge in [-0.25, -0.2) is 4.79 Å². The summed E-state index contributed by atoms with van der Waals surface area (Å²) in [5.41, 5.74) is 0. The van der Waals surface area contributed by atoms with Crippen molar-refractivity contribution in [1.82, 2.24) is 0 Å². The minimum Gasteiger partial charge on any atom is -0.463 e. The molecule has 0 amide bonds. The molecule has 0 radical (unpaired) electrons. The smallest absolute Gasteiger partial charge is 0.334 e. The van der Waals surface area contributed by atoms with Crippen molar-refractivity contribution >= 4 is 5.97 Å². The van der Waals surface area contributed by atoms with E-state index in [-0.39, 0.29) is 0 Å². The Bertz CT molecular complexity index is 178. The predicted octanol–water partition coefficient (Wildman–Crippen LogP) is 2.37. The molecule has 1 N–H and O–H groups in total. The summed E-state index contributed by atoms with van der Waals surface area (Å²) in [5, 5.41) is 9.46. The van der Waals surface area contributed by atoms with Crippen molar-refractivity contribution < 1.29 is 14.6 Å². The van der Waals surface area contributed by atoms with Gasteiger partial charge < -0.3 is 9.84 Å². The van der Waals surface area contributed by atoms with E-state index in [1.54, 1.807) is 0 Å². The average Bonchev–Trinajstić information content (AvgIpc) is 2.13. The van der Waals surface area contributed by atoms with Crippen molar-refractivity contribution in [1.29, 1.82) is 0 Å². The number of rotatable bonds is 7. The van der Waals surface area contributed by atoms with E-state index in [0.717, 1.165) is 12.8 Å². The lowest BCUT2D eigenvalue weighted by Crippen LogP contribution is -2.26. The number of aliphatic hydroxyl groups excluding tert-OH is 1. The first-order chi connectivity index (χ1) is 6.97. The molecule has 0 saturated heterocycles. The van der Waals surface area contributed by atoms with Gasteiger partial charge in [0.05, 0.1) is 6.61 Å². The maximum Gasteiger partial charge on any atom is 0.334 e. The van der Waals surface area contributed by atoms with Gasteiger partial charge in [0, 0.05) is 0 Å². The standard InChI is InChI=1S/C12H24O3/c1-5-6-10(4)8-15-12(14)11(13)7-9(2)3/h9-11,13H,5-8H2,1-4H3. The van der Waals surface area contributed by atoms with Crippen molar-refractivity contribution in [2.75, 3.05) is 6.61 Å². The molecule has 2 atom stereocenters. The van der Waals surface area contributed by atoms with Crippen molar-refractivity contribution in [3.63, 3.8) is 0 Å². The van der Waals surface area contributed by atoms with Crippen molar-refractivity contribution in [2.24, 2.45) is 11.8 Å². The summed E-state index contributed by atoms with van der Waals surface area (Å²) in [6.45, 7) is 8.51. The highest BCUT2D eigenvalue weighted by molar-refractivity contribution is 5.74. The second-order valence-electron chi connectivity index (χ2n) is 4.67. The fraction of sp³-hybridized carbons (Fsp3) is 0.917. The van der Waals surface area contributed by atoms with Crippen LogP contribution in [0.1, 0.15) is 47.0 Å². The van der Waals surface area contributed by atoms with Crippen LogP contribution in [-0.4, -0.2) is 23.8 Å². The first-order valence-corrected chi connectivity index (χ1v) is 5.82. The molecule has 3 nitrogen and oxygen atoms in total. The Labute approximate surface area is 92.8 Å². The quantitative estimate of drug-likeness (QED) is 0.665. The van der Waals surface area contributed by atoms with E-state index in [1.165, 1.54) is 0 Å². The normalized spacial score (nSPS) is 15.1. The number of ether oxygens (including phenoxy) is 1. The number of carbonyl (C=O) groups excluding carboxylic acids is 1. The lowest BCUT2D eigenvalue weighted by atomic mass is 10.1. The van der Waals surface area contributed by atoms with Crippen LogP contribution in [0.3, 0.4) is 0 Å². The molecule has 0 rings (SSSR count). The summed E-state index contributed by atoms with van der Waals surface area (Å²) in [6.07, 6.45) is 1.65. The largest absolute Gasteiger partial charge is 0.463 e. The lowest BCUT2D eigenvalue weighted by molar-refractivity contribution is -0.155. The van der Waals surface area contributed by atoms with E-state index in [4.69, 9.17) is 4.74 Å². The maximum atomic E-state index is 11.3. The lowest BCUT2D eigenvalue weighted by Gasteiger charge is -2.15. The molecule has 2 unspecified atom stereocenters. The van der Waals surface area contributed by atoms with E-state index in [9.17, 15) is 9.90 Å². The summed E-state index contributed by atoms with van der Waals surface area (Å²) in [7, 11) is 0. The minimum absolute atomic E-state index is 0.306. The van der Waals surface area contributed by atoms with Crippen LogP contribution in [0.15, 0.2) is 0 Å². The Morgan fingerprint density at radius 1 is 1.33 bits per heavy atom. The Morgan fingerprint density at radius 3 is 2.40 bits per heavy atom. The summed E-state index contributed by atoms with van der Waals surface area (Å²) < 4.78 is 5.03. The first-order valence-electron chi connectivity index (χ1n) is 5.82. The van der Waals surface area contributed by atoms with Crippen molar-refractivity contribution in [3.05, 3.63) is 0 Å². The third kappa shape index (κ3) is 7.37. The van der Waals surface area contributed by atoms with Crippen LogP contribution in [0, 0.1) is 11.8 Å². The van der Waals surface area contributed by atoms with Crippen LogP contribution < -0.4 is 0 Å². The monoisotopic (exact) mass is 216 g/mol. The molecule has 15 heavy (non-hydrogen) atoms. The van der Waals surface area contributed by atoms with E-state index in [2.05, 4.69) is 6.92 Å². The van der Waals surface area contributed by atoms with Crippen LogP contribution in [0.5, 0.6) is 0 Å². The molecule has 3 heteroatoms. The van der Waals surface area contributed by atoms with Crippen LogP contribution in [0.25, 0.3) is 0 Å². The zero-order valence-electron chi connectivity index (χ0n) is 10.3. The fourth-order valence-electron chi connectivity index (χ4n) is 1.44. The van der Waals surface area contributed by atoms with Crippen LogP contribution >= 0.6 is 0 Å². The molecule has 0 aromatic rings. The van der Waals surface area contributed by atoms with Crippen molar-refractivity contribution in [2.45, 2.75) is 53.1 Å². The first kappa shape index (κ1) is 14.4. The third-order valence-corrected chi connectivity index (χ3v) is 2.26. The van der Waals surface area contributed by atoms with Crippen molar-refractivity contribution in [3.8, 4) is 0 Å². The number of esters is 1. The highest BCUT2D eigenvalue weighted by atomic mass is 16.5. The van der Waals surface area contributed by atoms with Crippen LogP contribution in [0.2, 0.25) is 0 Å². The second kappa shape index (κ2) is 7.69. The summed E-state index contributed by atoms with van der Waals surface area (Å²) in [6, 6.07) is 0. The molecule has 0 heterocycles. The summed E-state index contributed by atoms with van der Waals surface area (Å²) in [5.74, 6) is 0.206. The van der Waals surface area contributed by atoms with Crippen LogP contribution in [-0.2, 0) is 9.53 Å². The number of aliphatic hydroxyl groups is 1. The third-order valence-electron chi connectivity index (χ3n) is 2.26. The molecular formula is C12H24O3. The fourth-order valence-corrected chi connectivity index (χ4v) is 1.44. The highest BCUT2D eigenvalue weighted by Crippen LogP contribution is 2.09. The Hall–Kier alpha value is -0.570. The molecule has 0 aliphatic rings. The molecular weight excluding hydrogens is 192 g/mol. The second-order valence-corrected chi connectivity index (χ2v) is 4.67. The topological polar surface area (TPSA) is 46.5 Å². The Kier molecular flexibility index (Phi) is 7.39. The van der Waals surface area contributed by atoms with Gasteiger partial charge in [0.15, 0.2) is 6.10 Å². The van der Waals surface area contributed by atoms with Gasteiger partial charge in [-0.2, -0.15) is 0 Å². The molecule has 90 valence electrons. The molecule has 0 aromatic carbocycles. The zero-order chi connectivity index (χ0) is 11.8. The maximum absolute atomic E-state index is 11.3. The van der Waals surface area contributed by atoms with Gasteiger partial charge in [-0.3, -0.25) is 0 Å². The molecule has 0 aromatic heterocycles. The van der Waals surface area contributed by atoms with Gasteiger partial charge in [-0.15, -0.1) is 0 Å². The molecule has 0 saturated carbocycles. The van der Waals surface area contributed by atoms with Gasteiger partial charge in [0.1, 0.15) is 0 Å². The molecule has 0 aliphatic carbocycles. The van der Waals surface area contributed by atoms with E-state index < -0.39 is 12.1 Å². The van der Waals surface area contributed by atoms with Gasteiger partial charge in [-0.1, -0.05) is 34.1 Å². The van der Waals surface area contributed by atoms with E-state index in [0.29, 0.717) is 24.9 Å². The Morgan fingerprint density at radius 2 is 1.93 bits per heavy atom. The molecule has 0 fully saturated rings. The highest BCUT2D eigenvalue weighted by Gasteiger charge is 2.18. The van der Waals surface area contributed by atoms with Crippen LogP contribution in [0.4, 0.5) is 0 Å². The number of carbonyl (C=O) groups is 1. The molecule has 0 bridgehead atoms. The van der Waals surface area contributed by atoms with Gasteiger partial charge in [0.25, 0.3) is 0 Å². The van der Waals surface area contributed by atoms with Gasteiger partial charge in [0.2, 0.25) is 0 Å². The zero-order valence-corrected chi connectivity index (χ0v) is 10.3. The van der Waals surface area contributed by atoms with Gasteiger partial charge in [-0.05, 0) is 24.7 Å². The Balaban J connectivity index is 3.72. The SMILES string of the molecule is CCCC(C)COC(=O)C(O)CC(C)C.